The average molecular weight is 271 g/mol. The first-order valence-electron chi connectivity index (χ1n) is 7.18. The van der Waals surface area contributed by atoms with Crippen molar-refractivity contribution >= 4 is 0 Å². The zero-order chi connectivity index (χ0) is 14.9. The minimum Gasteiger partial charge on any atom is -0.306 e. The maximum Gasteiger partial charge on any atom is 0.0537 e. The molecule has 0 aliphatic rings. The molecule has 0 aliphatic heterocycles. The van der Waals surface area contributed by atoms with Crippen LogP contribution in [0.3, 0.4) is 0 Å². The van der Waals surface area contributed by atoms with Gasteiger partial charge in [0.05, 0.1) is 6.20 Å². The lowest BCUT2D eigenvalue weighted by atomic mass is 9.95. The van der Waals surface area contributed by atoms with E-state index in [1.165, 1.54) is 33.5 Å². The molecule has 0 bridgehead atoms. The summed E-state index contributed by atoms with van der Waals surface area (Å²) in [7, 11) is 1.98. The molecule has 0 radical (unpaired) electrons. The van der Waals surface area contributed by atoms with E-state index in [1.807, 2.05) is 17.9 Å². The number of rotatable bonds is 4. The van der Waals surface area contributed by atoms with Crippen LogP contribution in [0.1, 0.15) is 46.5 Å². The Morgan fingerprint density at radius 1 is 1.15 bits per heavy atom. The zero-order valence-electron chi connectivity index (χ0n) is 13.4. The molecule has 1 aromatic carbocycles. The van der Waals surface area contributed by atoms with Crippen molar-refractivity contribution in [3.8, 4) is 0 Å². The number of nitrogens with zero attached hydrogens (tertiary/aromatic N) is 2. The molecule has 2 rings (SSSR count). The summed E-state index contributed by atoms with van der Waals surface area (Å²) < 4.78 is 1.92. The molecule has 1 N–H and O–H groups in total. The van der Waals surface area contributed by atoms with Crippen molar-refractivity contribution in [3.63, 3.8) is 0 Å². The summed E-state index contributed by atoms with van der Waals surface area (Å²) in [6.45, 7) is 11.7. The van der Waals surface area contributed by atoms with Gasteiger partial charge >= 0.3 is 0 Å². The Hall–Kier alpha value is -1.61. The minimum absolute atomic E-state index is 0.343. The number of hydrogen-bond acceptors (Lipinski definition) is 2. The van der Waals surface area contributed by atoms with Gasteiger partial charge in [0.15, 0.2) is 0 Å². The molecule has 0 amide bonds. The minimum atomic E-state index is 0.343. The fourth-order valence-corrected chi connectivity index (χ4v) is 2.96. The van der Waals surface area contributed by atoms with Crippen LogP contribution in [-0.4, -0.2) is 9.78 Å². The van der Waals surface area contributed by atoms with Crippen molar-refractivity contribution in [2.45, 2.75) is 47.2 Å². The maximum atomic E-state index is 4.29. The number of benzene rings is 1. The van der Waals surface area contributed by atoms with E-state index in [1.54, 1.807) is 0 Å². The molecule has 1 atom stereocenters. The van der Waals surface area contributed by atoms with Gasteiger partial charge < -0.3 is 5.32 Å². The van der Waals surface area contributed by atoms with Crippen LogP contribution in [0.15, 0.2) is 18.3 Å². The van der Waals surface area contributed by atoms with E-state index < -0.39 is 0 Å². The van der Waals surface area contributed by atoms with Crippen molar-refractivity contribution in [1.29, 1.82) is 0 Å². The first-order valence-corrected chi connectivity index (χ1v) is 7.18. The van der Waals surface area contributed by atoms with E-state index in [4.69, 9.17) is 0 Å². The molecular formula is C17H25N3. The van der Waals surface area contributed by atoms with Gasteiger partial charge in [-0.3, -0.25) is 4.68 Å². The van der Waals surface area contributed by atoms with Gasteiger partial charge in [-0.05, 0) is 51.3 Å². The van der Waals surface area contributed by atoms with Gasteiger partial charge in [0, 0.05) is 30.9 Å². The monoisotopic (exact) mass is 271 g/mol. The summed E-state index contributed by atoms with van der Waals surface area (Å²) in [4.78, 5) is 0. The molecule has 0 saturated carbocycles. The predicted octanol–water partition coefficient (Wildman–Crippen LogP) is 3.50. The van der Waals surface area contributed by atoms with Gasteiger partial charge in [-0.2, -0.15) is 5.10 Å². The van der Waals surface area contributed by atoms with Gasteiger partial charge in [0.25, 0.3) is 0 Å². The highest BCUT2D eigenvalue weighted by atomic mass is 15.3. The van der Waals surface area contributed by atoms with Crippen molar-refractivity contribution < 1.29 is 0 Å². The van der Waals surface area contributed by atoms with E-state index >= 15 is 0 Å². The smallest absolute Gasteiger partial charge is 0.0537 e. The number of aryl methyl sites for hydroxylation is 4. The van der Waals surface area contributed by atoms with Gasteiger partial charge in [-0.15, -0.1) is 0 Å². The standard InChI is InChI=1S/C17H25N3/c1-11-7-12(2)17(13(3)8-11)14(4)18-9-16-10-19-20(6)15(16)5/h7-8,10,14,18H,9H2,1-6H3. The Bertz CT molecular complexity index is 588. The van der Waals surface area contributed by atoms with E-state index in [0.29, 0.717) is 6.04 Å². The summed E-state index contributed by atoms with van der Waals surface area (Å²) in [5.41, 5.74) is 7.97. The predicted molar refractivity (Wildman–Crippen MR) is 83.9 cm³/mol. The summed E-state index contributed by atoms with van der Waals surface area (Å²) in [6.07, 6.45) is 1.95. The van der Waals surface area contributed by atoms with Crippen molar-refractivity contribution in [2.24, 2.45) is 7.05 Å². The topological polar surface area (TPSA) is 29.9 Å². The lowest BCUT2D eigenvalue weighted by Crippen LogP contribution is -2.20. The van der Waals surface area contributed by atoms with E-state index in [2.05, 4.69) is 57.2 Å². The highest BCUT2D eigenvalue weighted by Gasteiger charge is 2.12. The largest absolute Gasteiger partial charge is 0.306 e. The SMILES string of the molecule is Cc1cc(C)c(C(C)NCc2cnn(C)c2C)c(C)c1. The Balaban J connectivity index is 2.13. The van der Waals surface area contributed by atoms with E-state index in [0.717, 1.165) is 6.54 Å². The first-order chi connectivity index (χ1) is 9.40. The van der Waals surface area contributed by atoms with E-state index in [9.17, 15) is 0 Å². The highest BCUT2D eigenvalue weighted by molar-refractivity contribution is 5.39. The molecule has 0 saturated heterocycles. The van der Waals surface area contributed by atoms with Crippen LogP contribution in [0, 0.1) is 27.7 Å². The molecular weight excluding hydrogens is 246 g/mol. The van der Waals surface area contributed by atoms with Crippen LogP contribution in [-0.2, 0) is 13.6 Å². The normalized spacial score (nSPS) is 12.7. The Labute approximate surface area is 122 Å². The number of nitrogens with one attached hydrogen (secondary N) is 1. The van der Waals surface area contributed by atoms with Crippen LogP contribution in [0.25, 0.3) is 0 Å². The van der Waals surface area contributed by atoms with Gasteiger partial charge in [-0.1, -0.05) is 17.7 Å². The van der Waals surface area contributed by atoms with Crippen LogP contribution < -0.4 is 5.32 Å². The van der Waals surface area contributed by atoms with Crippen LogP contribution in [0.4, 0.5) is 0 Å². The highest BCUT2D eigenvalue weighted by Crippen LogP contribution is 2.23. The number of hydrogen-bond donors (Lipinski definition) is 1. The molecule has 3 heteroatoms. The molecule has 0 spiro atoms. The van der Waals surface area contributed by atoms with Crippen molar-refractivity contribution in [2.75, 3.05) is 0 Å². The zero-order valence-corrected chi connectivity index (χ0v) is 13.4. The third kappa shape index (κ3) is 2.93. The summed E-state index contributed by atoms with van der Waals surface area (Å²) in [5.74, 6) is 0. The molecule has 108 valence electrons. The first kappa shape index (κ1) is 14.8. The molecule has 1 heterocycles. The van der Waals surface area contributed by atoms with E-state index in [-0.39, 0.29) is 0 Å². The summed E-state index contributed by atoms with van der Waals surface area (Å²) in [6, 6.07) is 4.86. The molecule has 0 aliphatic carbocycles. The molecule has 1 aromatic heterocycles. The second kappa shape index (κ2) is 5.80. The third-order valence-electron chi connectivity index (χ3n) is 4.11. The summed E-state index contributed by atoms with van der Waals surface area (Å²) in [5, 5.41) is 7.91. The number of aromatic nitrogens is 2. The molecule has 3 nitrogen and oxygen atoms in total. The fraction of sp³-hybridized carbons (Fsp3) is 0.471. The molecule has 20 heavy (non-hydrogen) atoms. The summed E-state index contributed by atoms with van der Waals surface area (Å²) >= 11 is 0. The Morgan fingerprint density at radius 2 is 1.75 bits per heavy atom. The Kier molecular flexibility index (Phi) is 4.29. The lowest BCUT2D eigenvalue weighted by Gasteiger charge is -2.20. The van der Waals surface area contributed by atoms with Gasteiger partial charge in [-0.25, -0.2) is 0 Å². The Morgan fingerprint density at radius 3 is 2.25 bits per heavy atom. The molecule has 2 aromatic rings. The second-order valence-electron chi connectivity index (χ2n) is 5.79. The van der Waals surface area contributed by atoms with Crippen LogP contribution in [0.5, 0.6) is 0 Å². The van der Waals surface area contributed by atoms with Crippen LogP contribution in [0.2, 0.25) is 0 Å². The third-order valence-corrected chi connectivity index (χ3v) is 4.11. The van der Waals surface area contributed by atoms with Gasteiger partial charge in [0.2, 0.25) is 0 Å². The van der Waals surface area contributed by atoms with Crippen molar-refractivity contribution in [1.82, 2.24) is 15.1 Å². The maximum absolute atomic E-state index is 4.29. The van der Waals surface area contributed by atoms with Crippen LogP contribution >= 0.6 is 0 Å². The lowest BCUT2D eigenvalue weighted by molar-refractivity contribution is 0.567. The molecule has 0 fully saturated rings. The quantitative estimate of drug-likeness (QED) is 0.922. The second-order valence-corrected chi connectivity index (χ2v) is 5.79. The average Bonchev–Trinajstić information content (AvgIpc) is 2.66. The fourth-order valence-electron chi connectivity index (χ4n) is 2.96. The van der Waals surface area contributed by atoms with Crippen molar-refractivity contribution in [3.05, 3.63) is 51.8 Å². The molecule has 1 unspecified atom stereocenters. The van der Waals surface area contributed by atoms with Gasteiger partial charge in [0.1, 0.15) is 0 Å².